The molecular formula is C16H23N3S. The lowest BCUT2D eigenvalue weighted by Crippen LogP contribution is -2.32. The van der Waals surface area contributed by atoms with Crippen LogP contribution in [-0.4, -0.2) is 18.1 Å². The summed E-state index contributed by atoms with van der Waals surface area (Å²) in [6.45, 7) is 7.23. The van der Waals surface area contributed by atoms with Crippen LogP contribution in [0.2, 0.25) is 0 Å². The molecule has 0 fully saturated rings. The highest BCUT2D eigenvalue weighted by molar-refractivity contribution is 7.16. The molecule has 1 aromatic carbocycles. The summed E-state index contributed by atoms with van der Waals surface area (Å²) in [5.41, 5.74) is 8.05. The highest BCUT2D eigenvalue weighted by Crippen LogP contribution is 2.33. The average molecular weight is 289 g/mol. The summed E-state index contributed by atoms with van der Waals surface area (Å²) >= 11 is 1.70. The van der Waals surface area contributed by atoms with E-state index in [9.17, 15) is 0 Å². The first-order chi connectivity index (χ1) is 9.54. The van der Waals surface area contributed by atoms with Gasteiger partial charge in [-0.05, 0) is 12.8 Å². The molecule has 0 aliphatic carbocycles. The van der Waals surface area contributed by atoms with Crippen molar-refractivity contribution in [2.45, 2.75) is 33.4 Å². The summed E-state index contributed by atoms with van der Waals surface area (Å²) in [6, 6.07) is 10.7. The van der Waals surface area contributed by atoms with Gasteiger partial charge in [-0.3, -0.25) is 0 Å². The largest absolute Gasteiger partial charge is 0.348 e. The molecule has 1 heterocycles. The van der Waals surface area contributed by atoms with Gasteiger partial charge in [0.1, 0.15) is 0 Å². The Hall–Kier alpha value is -1.39. The first-order valence-corrected chi connectivity index (χ1v) is 7.84. The number of rotatable bonds is 5. The molecule has 108 valence electrons. The molecule has 2 rings (SSSR count). The molecular weight excluding hydrogens is 266 g/mol. The van der Waals surface area contributed by atoms with Gasteiger partial charge in [0.25, 0.3) is 0 Å². The number of nitrogens with zero attached hydrogens (tertiary/aromatic N) is 2. The van der Waals surface area contributed by atoms with Gasteiger partial charge >= 0.3 is 0 Å². The third-order valence-electron chi connectivity index (χ3n) is 3.80. The van der Waals surface area contributed by atoms with Crippen molar-refractivity contribution in [1.29, 1.82) is 0 Å². The van der Waals surface area contributed by atoms with Crippen LogP contribution in [0.4, 0.5) is 5.13 Å². The molecule has 0 aliphatic rings. The van der Waals surface area contributed by atoms with E-state index in [0.29, 0.717) is 18.5 Å². The minimum atomic E-state index is 0.454. The SMILES string of the molecule is CC(C)C(C)N(C)c1nc(-c2ccccc2)c(CN)s1. The number of benzene rings is 1. The Labute approximate surface area is 125 Å². The van der Waals surface area contributed by atoms with E-state index in [0.717, 1.165) is 21.3 Å². The third-order valence-corrected chi connectivity index (χ3v) is 4.96. The number of hydrogen-bond acceptors (Lipinski definition) is 4. The van der Waals surface area contributed by atoms with Crippen molar-refractivity contribution in [3.8, 4) is 11.3 Å². The van der Waals surface area contributed by atoms with Crippen LogP contribution in [0.15, 0.2) is 30.3 Å². The predicted molar refractivity (Wildman–Crippen MR) is 88.1 cm³/mol. The Morgan fingerprint density at radius 3 is 2.40 bits per heavy atom. The second-order valence-electron chi connectivity index (χ2n) is 5.43. The molecule has 0 bridgehead atoms. The summed E-state index contributed by atoms with van der Waals surface area (Å²) in [5, 5.41) is 1.05. The third kappa shape index (κ3) is 3.02. The van der Waals surface area contributed by atoms with Crippen molar-refractivity contribution in [3.63, 3.8) is 0 Å². The van der Waals surface area contributed by atoms with Crippen molar-refractivity contribution < 1.29 is 0 Å². The molecule has 0 amide bonds. The maximum absolute atomic E-state index is 5.89. The Kier molecular flexibility index (Phi) is 4.78. The van der Waals surface area contributed by atoms with E-state index in [4.69, 9.17) is 10.7 Å². The number of anilines is 1. The standard InChI is InChI=1S/C16H23N3S/c1-11(2)12(3)19(4)16-18-15(14(10-17)20-16)13-8-6-5-7-9-13/h5-9,11-12H,10,17H2,1-4H3. The van der Waals surface area contributed by atoms with Crippen LogP contribution in [0.3, 0.4) is 0 Å². The second-order valence-corrected chi connectivity index (χ2v) is 6.50. The number of nitrogens with two attached hydrogens (primary N) is 1. The lowest BCUT2D eigenvalue weighted by Gasteiger charge is -2.27. The summed E-state index contributed by atoms with van der Waals surface area (Å²) in [4.78, 5) is 8.22. The molecule has 2 aromatic rings. The molecule has 1 unspecified atom stereocenters. The zero-order valence-corrected chi connectivity index (χ0v) is 13.4. The van der Waals surface area contributed by atoms with Gasteiger partial charge in [0.05, 0.1) is 5.69 Å². The van der Waals surface area contributed by atoms with Crippen LogP contribution in [0.5, 0.6) is 0 Å². The van der Waals surface area contributed by atoms with Crippen molar-refractivity contribution in [2.24, 2.45) is 11.7 Å². The van der Waals surface area contributed by atoms with Crippen LogP contribution in [-0.2, 0) is 6.54 Å². The monoisotopic (exact) mass is 289 g/mol. The molecule has 0 aliphatic heterocycles. The molecule has 0 saturated carbocycles. The molecule has 1 aromatic heterocycles. The maximum atomic E-state index is 5.89. The lowest BCUT2D eigenvalue weighted by molar-refractivity contribution is 0.505. The Morgan fingerprint density at radius 2 is 1.85 bits per heavy atom. The molecule has 0 spiro atoms. The topological polar surface area (TPSA) is 42.2 Å². The van der Waals surface area contributed by atoms with E-state index < -0.39 is 0 Å². The van der Waals surface area contributed by atoms with Crippen molar-refractivity contribution in [2.75, 3.05) is 11.9 Å². The van der Waals surface area contributed by atoms with Gasteiger partial charge in [-0.2, -0.15) is 0 Å². The van der Waals surface area contributed by atoms with Gasteiger partial charge in [0.15, 0.2) is 5.13 Å². The molecule has 2 N–H and O–H groups in total. The van der Waals surface area contributed by atoms with Crippen molar-refractivity contribution >= 4 is 16.5 Å². The first-order valence-electron chi connectivity index (χ1n) is 7.02. The highest BCUT2D eigenvalue weighted by atomic mass is 32.1. The first kappa shape index (κ1) is 15.0. The molecule has 0 radical (unpaired) electrons. The number of aromatic nitrogens is 1. The fourth-order valence-electron chi connectivity index (χ4n) is 2.07. The Morgan fingerprint density at radius 1 is 1.20 bits per heavy atom. The van der Waals surface area contributed by atoms with Crippen molar-refractivity contribution in [1.82, 2.24) is 4.98 Å². The summed E-state index contributed by atoms with van der Waals surface area (Å²) in [6.07, 6.45) is 0. The number of hydrogen-bond donors (Lipinski definition) is 1. The Bertz CT molecular complexity index is 548. The molecule has 0 saturated heterocycles. The summed E-state index contributed by atoms with van der Waals surface area (Å²) < 4.78 is 0. The van der Waals surface area contributed by atoms with Gasteiger partial charge in [-0.1, -0.05) is 55.5 Å². The summed E-state index contributed by atoms with van der Waals surface area (Å²) in [7, 11) is 2.11. The fourth-order valence-corrected chi connectivity index (χ4v) is 3.08. The van der Waals surface area contributed by atoms with Gasteiger partial charge in [0, 0.05) is 30.1 Å². The van der Waals surface area contributed by atoms with Crippen LogP contribution >= 0.6 is 11.3 Å². The zero-order chi connectivity index (χ0) is 14.7. The molecule has 20 heavy (non-hydrogen) atoms. The zero-order valence-electron chi connectivity index (χ0n) is 12.6. The van der Waals surface area contributed by atoms with E-state index in [-0.39, 0.29) is 0 Å². The van der Waals surface area contributed by atoms with E-state index in [2.05, 4.69) is 44.9 Å². The number of thiazole rings is 1. The van der Waals surface area contributed by atoms with Gasteiger partial charge in [-0.25, -0.2) is 4.98 Å². The van der Waals surface area contributed by atoms with Gasteiger partial charge < -0.3 is 10.6 Å². The molecule has 1 atom stereocenters. The van der Waals surface area contributed by atoms with Crippen LogP contribution < -0.4 is 10.6 Å². The van der Waals surface area contributed by atoms with E-state index in [1.165, 1.54) is 0 Å². The quantitative estimate of drug-likeness (QED) is 0.911. The van der Waals surface area contributed by atoms with E-state index in [1.54, 1.807) is 11.3 Å². The normalized spacial score (nSPS) is 12.7. The van der Waals surface area contributed by atoms with Crippen LogP contribution in [0.25, 0.3) is 11.3 Å². The maximum Gasteiger partial charge on any atom is 0.186 e. The fraction of sp³-hybridized carbons (Fsp3) is 0.438. The minimum Gasteiger partial charge on any atom is -0.348 e. The average Bonchev–Trinajstić information content (AvgIpc) is 2.90. The minimum absolute atomic E-state index is 0.454. The highest BCUT2D eigenvalue weighted by Gasteiger charge is 2.19. The van der Waals surface area contributed by atoms with E-state index >= 15 is 0 Å². The Balaban J connectivity index is 2.37. The van der Waals surface area contributed by atoms with Gasteiger partial charge in [-0.15, -0.1) is 0 Å². The molecule has 3 nitrogen and oxygen atoms in total. The van der Waals surface area contributed by atoms with E-state index in [1.807, 2.05) is 18.2 Å². The lowest BCUT2D eigenvalue weighted by atomic mass is 10.1. The summed E-state index contributed by atoms with van der Waals surface area (Å²) in [5.74, 6) is 0.588. The predicted octanol–water partition coefficient (Wildman–Crippen LogP) is 3.75. The molecule has 4 heteroatoms. The van der Waals surface area contributed by atoms with Crippen LogP contribution in [0, 0.1) is 5.92 Å². The van der Waals surface area contributed by atoms with Crippen LogP contribution in [0.1, 0.15) is 25.6 Å². The smallest absolute Gasteiger partial charge is 0.186 e. The van der Waals surface area contributed by atoms with Crippen molar-refractivity contribution in [3.05, 3.63) is 35.2 Å². The second kappa shape index (κ2) is 6.37. The van der Waals surface area contributed by atoms with Gasteiger partial charge in [0.2, 0.25) is 0 Å².